The molecule has 3 aromatic rings. The number of carbonyl (C=O) groups excluding carboxylic acids is 1. The molecule has 0 aliphatic carbocycles. The van der Waals surface area contributed by atoms with Gasteiger partial charge in [-0.15, -0.1) is 0 Å². The van der Waals surface area contributed by atoms with Gasteiger partial charge in [0.15, 0.2) is 5.52 Å². The number of aromatic nitrogens is 3. The first-order chi connectivity index (χ1) is 11.5. The number of benzene rings is 1. The summed E-state index contributed by atoms with van der Waals surface area (Å²) in [4.78, 5) is 24.6. The second kappa shape index (κ2) is 6.27. The predicted octanol–water partition coefficient (Wildman–Crippen LogP) is 1.88. The maximum absolute atomic E-state index is 12.4. The Bertz CT molecular complexity index is 944. The van der Waals surface area contributed by atoms with Crippen LogP contribution in [0.25, 0.3) is 10.9 Å². The highest BCUT2D eigenvalue weighted by atomic mass is 16.5. The Labute approximate surface area is 138 Å². The van der Waals surface area contributed by atoms with Gasteiger partial charge in [0.1, 0.15) is 12.3 Å². The molecule has 0 aliphatic rings. The van der Waals surface area contributed by atoms with Gasteiger partial charge in [-0.2, -0.15) is 5.10 Å². The van der Waals surface area contributed by atoms with Gasteiger partial charge in [0.25, 0.3) is 5.56 Å². The average molecular weight is 326 g/mol. The van der Waals surface area contributed by atoms with Crippen molar-refractivity contribution in [3.63, 3.8) is 0 Å². The number of hydrogen-bond donors (Lipinski definition) is 1. The zero-order valence-electron chi connectivity index (χ0n) is 13.7. The third-order valence-corrected chi connectivity index (χ3v) is 3.90. The number of fused-ring (bicyclic) bond motifs is 1. The van der Waals surface area contributed by atoms with Crippen molar-refractivity contribution in [3.05, 3.63) is 57.7 Å². The summed E-state index contributed by atoms with van der Waals surface area (Å²) in [6.45, 7) is 5.20. The van der Waals surface area contributed by atoms with Crippen molar-refractivity contribution in [1.29, 1.82) is 0 Å². The Morgan fingerprint density at radius 2 is 2.00 bits per heavy atom. The van der Waals surface area contributed by atoms with Crippen molar-refractivity contribution in [2.45, 2.75) is 33.4 Å². The third kappa shape index (κ3) is 2.92. The zero-order valence-corrected chi connectivity index (χ0v) is 13.7. The van der Waals surface area contributed by atoms with Crippen LogP contribution in [-0.4, -0.2) is 20.8 Å². The summed E-state index contributed by atoms with van der Waals surface area (Å²) in [7, 11) is 0. The first kappa shape index (κ1) is 15.9. The highest BCUT2D eigenvalue weighted by molar-refractivity contribution is 5.82. The molecule has 7 heteroatoms. The molecule has 0 saturated heterocycles. The van der Waals surface area contributed by atoms with Gasteiger partial charge in [-0.1, -0.05) is 35.5 Å². The average Bonchev–Trinajstić information content (AvgIpc) is 2.95. The van der Waals surface area contributed by atoms with E-state index in [1.54, 1.807) is 13.8 Å². The van der Waals surface area contributed by atoms with Crippen molar-refractivity contribution in [2.24, 2.45) is 0 Å². The minimum atomic E-state index is -0.435. The van der Waals surface area contributed by atoms with Crippen LogP contribution in [0.5, 0.6) is 0 Å². The van der Waals surface area contributed by atoms with Gasteiger partial charge in [0, 0.05) is 0 Å². The van der Waals surface area contributed by atoms with Crippen molar-refractivity contribution in [2.75, 3.05) is 0 Å². The van der Waals surface area contributed by atoms with E-state index in [1.807, 2.05) is 37.3 Å². The number of nitrogens with one attached hydrogen (secondary N) is 1. The highest BCUT2D eigenvalue weighted by Crippen LogP contribution is 2.16. The molecule has 0 spiro atoms. The molecule has 0 bridgehead atoms. The molecular weight excluding hydrogens is 308 g/mol. The van der Waals surface area contributed by atoms with E-state index in [2.05, 4.69) is 15.6 Å². The Hall–Kier alpha value is -2.96. The number of rotatable bonds is 4. The summed E-state index contributed by atoms with van der Waals surface area (Å²) in [5.41, 5.74) is 1.36. The van der Waals surface area contributed by atoms with E-state index in [0.29, 0.717) is 16.8 Å². The van der Waals surface area contributed by atoms with Gasteiger partial charge in [-0.25, -0.2) is 4.68 Å². The quantitative estimate of drug-likeness (QED) is 0.790. The molecule has 1 unspecified atom stereocenters. The summed E-state index contributed by atoms with van der Waals surface area (Å²) >= 11 is 0. The number of amides is 1. The molecule has 7 nitrogen and oxygen atoms in total. The smallest absolute Gasteiger partial charge is 0.297 e. The van der Waals surface area contributed by atoms with Gasteiger partial charge in [0.2, 0.25) is 5.91 Å². The number of aryl methyl sites for hydroxylation is 2. The minimum absolute atomic E-state index is 0.159. The fraction of sp³-hybridized carbons (Fsp3) is 0.294. The molecule has 24 heavy (non-hydrogen) atoms. The molecule has 124 valence electrons. The van der Waals surface area contributed by atoms with Crippen molar-refractivity contribution in [1.82, 2.24) is 20.3 Å². The van der Waals surface area contributed by atoms with E-state index < -0.39 is 5.56 Å². The molecule has 1 amide bonds. The molecule has 2 aromatic heterocycles. The fourth-order valence-electron chi connectivity index (χ4n) is 2.70. The largest absolute Gasteiger partial charge is 0.360 e. The normalized spacial score (nSPS) is 12.3. The molecule has 1 aromatic carbocycles. The van der Waals surface area contributed by atoms with Gasteiger partial charge in [0.05, 0.1) is 17.1 Å². The van der Waals surface area contributed by atoms with Crippen LogP contribution in [0, 0.1) is 13.8 Å². The third-order valence-electron chi connectivity index (χ3n) is 3.90. The SMILES string of the molecule is Cc1nn(CC(=O)NC(C)c2ccccc2)c(=O)c2noc(C)c12. The van der Waals surface area contributed by atoms with Gasteiger partial charge >= 0.3 is 0 Å². The maximum Gasteiger partial charge on any atom is 0.297 e. The molecular formula is C17H18N4O3. The lowest BCUT2D eigenvalue weighted by Crippen LogP contribution is -2.35. The van der Waals surface area contributed by atoms with E-state index in [0.717, 1.165) is 10.2 Å². The second-order valence-corrected chi connectivity index (χ2v) is 5.71. The predicted molar refractivity (Wildman–Crippen MR) is 88.5 cm³/mol. The van der Waals surface area contributed by atoms with Crippen LogP contribution in [0.1, 0.15) is 30.0 Å². The first-order valence-corrected chi connectivity index (χ1v) is 7.65. The number of hydrogen-bond acceptors (Lipinski definition) is 5. The fourth-order valence-corrected chi connectivity index (χ4v) is 2.70. The lowest BCUT2D eigenvalue weighted by atomic mass is 10.1. The molecule has 2 heterocycles. The molecule has 0 fully saturated rings. The summed E-state index contributed by atoms with van der Waals surface area (Å²) in [6, 6.07) is 9.45. The lowest BCUT2D eigenvalue weighted by Gasteiger charge is -2.14. The van der Waals surface area contributed by atoms with E-state index in [-0.39, 0.29) is 24.0 Å². The zero-order chi connectivity index (χ0) is 17.3. The standard InChI is InChI=1S/C17H18N4O3/c1-10(13-7-5-4-6-8-13)18-14(22)9-21-17(23)16-15(11(2)19-21)12(3)24-20-16/h4-8,10H,9H2,1-3H3,(H,18,22). The Balaban J connectivity index is 1.81. The highest BCUT2D eigenvalue weighted by Gasteiger charge is 2.17. The molecule has 1 atom stereocenters. The van der Waals surface area contributed by atoms with E-state index in [4.69, 9.17) is 4.52 Å². The number of nitrogens with zero attached hydrogens (tertiary/aromatic N) is 3. The summed E-state index contributed by atoms with van der Waals surface area (Å²) in [5.74, 6) is 0.251. The van der Waals surface area contributed by atoms with Crippen LogP contribution in [0.3, 0.4) is 0 Å². The van der Waals surface area contributed by atoms with Crippen LogP contribution in [0.4, 0.5) is 0 Å². The summed E-state index contributed by atoms with van der Waals surface area (Å²) in [6.07, 6.45) is 0. The van der Waals surface area contributed by atoms with Gasteiger partial charge in [-0.3, -0.25) is 9.59 Å². The monoisotopic (exact) mass is 326 g/mol. The Morgan fingerprint density at radius 3 is 2.71 bits per heavy atom. The Kier molecular flexibility index (Phi) is 4.16. The molecule has 0 saturated carbocycles. The van der Waals surface area contributed by atoms with Crippen molar-refractivity contribution < 1.29 is 9.32 Å². The van der Waals surface area contributed by atoms with Crippen molar-refractivity contribution in [3.8, 4) is 0 Å². The van der Waals surface area contributed by atoms with Crippen LogP contribution in [0.2, 0.25) is 0 Å². The van der Waals surface area contributed by atoms with E-state index in [1.165, 1.54) is 0 Å². The minimum Gasteiger partial charge on any atom is -0.360 e. The van der Waals surface area contributed by atoms with Crippen LogP contribution in [-0.2, 0) is 11.3 Å². The molecule has 0 radical (unpaired) electrons. The first-order valence-electron chi connectivity index (χ1n) is 7.65. The molecule has 1 N–H and O–H groups in total. The molecule has 3 rings (SSSR count). The van der Waals surface area contributed by atoms with Gasteiger partial charge in [-0.05, 0) is 26.3 Å². The van der Waals surface area contributed by atoms with Gasteiger partial charge < -0.3 is 9.84 Å². The van der Waals surface area contributed by atoms with Crippen LogP contribution in [0.15, 0.2) is 39.6 Å². The van der Waals surface area contributed by atoms with E-state index in [9.17, 15) is 9.59 Å². The van der Waals surface area contributed by atoms with E-state index >= 15 is 0 Å². The summed E-state index contributed by atoms with van der Waals surface area (Å²) < 4.78 is 6.17. The number of carbonyl (C=O) groups is 1. The summed E-state index contributed by atoms with van der Waals surface area (Å²) in [5, 5.41) is 11.4. The maximum atomic E-state index is 12.4. The topological polar surface area (TPSA) is 90.0 Å². The van der Waals surface area contributed by atoms with Crippen LogP contribution < -0.4 is 10.9 Å². The van der Waals surface area contributed by atoms with Crippen LogP contribution >= 0.6 is 0 Å². The second-order valence-electron chi connectivity index (χ2n) is 5.71. The molecule has 0 aliphatic heterocycles. The Morgan fingerprint density at radius 1 is 1.29 bits per heavy atom. The van der Waals surface area contributed by atoms with Crippen molar-refractivity contribution >= 4 is 16.8 Å². The lowest BCUT2D eigenvalue weighted by molar-refractivity contribution is -0.122.